The Labute approximate surface area is 173 Å². The van der Waals surface area contributed by atoms with Gasteiger partial charge in [-0.15, -0.1) is 11.3 Å². The molecule has 1 aliphatic heterocycles. The summed E-state index contributed by atoms with van der Waals surface area (Å²) in [4.78, 5) is 16.2. The lowest BCUT2D eigenvalue weighted by Gasteiger charge is -2.34. The summed E-state index contributed by atoms with van der Waals surface area (Å²) in [6.07, 6.45) is 4.81. The zero-order chi connectivity index (χ0) is 19.6. The Kier molecular flexibility index (Phi) is 5.08. The Bertz CT molecular complexity index is 1050. The van der Waals surface area contributed by atoms with Gasteiger partial charge in [0.15, 0.2) is 0 Å². The van der Waals surface area contributed by atoms with Gasteiger partial charge < -0.3 is 9.42 Å². The fourth-order valence-corrected chi connectivity index (χ4v) is 5.06. The minimum absolute atomic E-state index is 0.325. The van der Waals surface area contributed by atoms with Crippen molar-refractivity contribution in [1.82, 2.24) is 25.0 Å². The Balaban J connectivity index is 1.19. The van der Waals surface area contributed by atoms with Crippen molar-refractivity contribution in [2.75, 3.05) is 13.1 Å². The minimum atomic E-state index is 0.325. The van der Waals surface area contributed by atoms with E-state index in [4.69, 9.17) is 9.51 Å². The van der Waals surface area contributed by atoms with Crippen LogP contribution in [0.2, 0.25) is 0 Å². The van der Waals surface area contributed by atoms with Gasteiger partial charge in [-0.2, -0.15) is 4.98 Å². The lowest BCUT2D eigenvalue weighted by atomic mass is 9.95. The van der Waals surface area contributed by atoms with Gasteiger partial charge in [-0.3, -0.25) is 4.98 Å². The third kappa shape index (κ3) is 3.93. The van der Waals surface area contributed by atoms with Crippen molar-refractivity contribution in [3.63, 3.8) is 0 Å². The Morgan fingerprint density at radius 3 is 2.72 bits per heavy atom. The molecule has 0 spiro atoms. The summed E-state index contributed by atoms with van der Waals surface area (Å²) >= 11 is 1.81. The molecule has 4 aromatic rings. The molecule has 0 amide bonds. The summed E-state index contributed by atoms with van der Waals surface area (Å²) in [5.41, 5.74) is 1.86. The van der Waals surface area contributed by atoms with E-state index in [0.717, 1.165) is 49.5 Å². The first-order chi connectivity index (χ1) is 14.3. The van der Waals surface area contributed by atoms with Crippen LogP contribution < -0.4 is 0 Å². The number of likely N-dealkylation sites (tertiary alicyclic amines) is 1. The molecule has 1 aromatic carbocycles. The van der Waals surface area contributed by atoms with Crippen LogP contribution in [0.5, 0.6) is 0 Å². The van der Waals surface area contributed by atoms with Crippen molar-refractivity contribution in [2.24, 2.45) is 0 Å². The first-order valence-corrected chi connectivity index (χ1v) is 10.9. The van der Waals surface area contributed by atoms with Crippen molar-refractivity contribution in [1.29, 1.82) is 0 Å². The maximum atomic E-state index is 5.56. The second-order valence-corrected chi connectivity index (χ2v) is 8.73. The number of thiazole rings is 1. The predicted molar refractivity (Wildman–Crippen MR) is 114 cm³/mol. The van der Waals surface area contributed by atoms with E-state index in [-0.39, 0.29) is 0 Å². The van der Waals surface area contributed by atoms with Crippen LogP contribution in [-0.4, -0.2) is 44.1 Å². The summed E-state index contributed by atoms with van der Waals surface area (Å²) in [5, 5.41) is 5.34. The van der Waals surface area contributed by atoms with E-state index in [9.17, 15) is 0 Å². The summed E-state index contributed by atoms with van der Waals surface area (Å²) in [6.45, 7) is 4.38. The largest absolute Gasteiger partial charge is 0.339 e. The van der Waals surface area contributed by atoms with Crippen LogP contribution >= 0.6 is 11.3 Å². The Morgan fingerprint density at radius 1 is 1.10 bits per heavy atom. The molecule has 4 heterocycles. The molecule has 0 bridgehead atoms. The van der Waals surface area contributed by atoms with Gasteiger partial charge in [0.2, 0.25) is 11.7 Å². The van der Waals surface area contributed by atoms with Crippen LogP contribution in [-0.2, 0) is 6.42 Å². The second kappa shape index (κ2) is 8.00. The zero-order valence-corrected chi connectivity index (χ0v) is 17.2. The number of hydrogen-bond donors (Lipinski definition) is 0. The van der Waals surface area contributed by atoms with Gasteiger partial charge in [-0.25, -0.2) is 4.98 Å². The van der Waals surface area contributed by atoms with Gasteiger partial charge in [0.1, 0.15) is 5.69 Å². The smallest absolute Gasteiger partial charge is 0.230 e. The van der Waals surface area contributed by atoms with Crippen LogP contribution in [0.25, 0.3) is 21.7 Å². The van der Waals surface area contributed by atoms with E-state index in [1.54, 1.807) is 6.20 Å². The monoisotopic (exact) mass is 405 g/mol. The van der Waals surface area contributed by atoms with Gasteiger partial charge in [0.25, 0.3) is 0 Å². The van der Waals surface area contributed by atoms with Crippen LogP contribution in [0.3, 0.4) is 0 Å². The highest BCUT2D eigenvalue weighted by Crippen LogP contribution is 2.30. The molecule has 29 heavy (non-hydrogen) atoms. The van der Waals surface area contributed by atoms with Gasteiger partial charge >= 0.3 is 0 Å². The van der Waals surface area contributed by atoms with Crippen LogP contribution in [0.15, 0.2) is 53.2 Å². The van der Waals surface area contributed by atoms with Crippen LogP contribution in [0.4, 0.5) is 0 Å². The fraction of sp³-hybridized carbons (Fsp3) is 0.364. The van der Waals surface area contributed by atoms with Crippen LogP contribution in [0.1, 0.15) is 36.6 Å². The van der Waals surface area contributed by atoms with Gasteiger partial charge in [-0.05, 0) is 57.1 Å². The topological polar surface area (TPSA) is 67.9 Å². The van der Waals surface area contributed by atoms with Crippen molar-refractivity contribution in [2.45, 2.75) is 38.1 Å². The minimum Gasteiger partial charge on any atom is -0.339 e. The van der Waals surface area contributed by atoms with E-state index in [0.29, 0.717) is 17.8 Å². The molecule has 5 rings (SSSR count). The standard InChI is InChI=1S/C22H23N5OS/c1-15(14-20-24-17-6-2-3-8-19(17)29-20)27-12-9-16(10-13-27)22-25-21(26-28-22)18-7-4-5-11-23-18/h2-8,11,15-16H,9-10,12-14H2,1H3/t15-/m0/s1. The molecule has 148 valence electrons. The molecule has 0 unspecified atom stereocenters. The molecule has 0 aliphatic carbocycles. The van der Waals surface area contributed by atoms with Crippen LogP contribution in [0, 0.1) is 0 Å². The molecule has 1 atom stereocenters. The molecule has 0 saturated carbocycles. The average molecular weight is 406 g/mol. The lowest BCUT2D eigenvalue weighted by molar-refractivity contribution is 0.150. The van der Waals surface area contributed by atoms with E-state index >= 15 is 0 Å². The fourth-order valence-electron chi connectivity index (χ4n) is 3.98. The second-order valence-electron chi connectivity index (χ2n) is 7.61. The first kappa shape index (κ1) is 18.4. The third-order valence-corrected chi connectivity index (χ3v) is 6.70. The molecule has 1 fully saturated rings. The Morgan fingerprint density at radius 2 is 1.93 bits per heavy atom. The number of para-hydroxylation sites is 1. The number of benzene rings is 1. The highest BCUT2D eigenvalue weighted by Gasteiger charge is 2.28. The molecule has 6 nitrogen and oxygen atoms in total. The molecule has 1 aliphatic rings. The normalized spacial score (nSPS) is 17.0. The van der Waals surface area contributed by atoms with Crippen molar-refractivity contribution < 1.29 is 4.52 Å². The zero-order valence-electron chi connectivity index (χ0n) is 16.4. The SMILES string of the molecule is C[C@@H](Cc1nc2ccccc2s1)N1CCC(c2nc(-c3ccccn3)no2)CC1. The molecule has 1 saturated heterocycles. The predicted octanol–water partition coefficient (Wildman–Crippen LogP) is 4.55. The number of pyridine rings is 1. The van der Waals surface area contributed by atoms with E-state index in [1.165, 1.54) is 9.71 Å². The van der Waals surface area contributed by atoms with E-state index in [1.807, 2.05) is 29.5 Å². The third-order valence-electron chi connectivity index (χ3n) is 5.65. The van der Waals surface area contributed by atoms with Gasteiger partial charge in [-0.1, -0.05) is 23.4 Å². The van der Waals surface area contributed by atoms with Crippen molar-refractivity contribution >= 4 is 21.6 Å². The molecular formula is C22H23N5OS. The summed E-state index contributed by atoms with van der Waals surface area (Å²) in [5.74, 6) is 1.64. The molecular weight excluding hydrogens is 382 g/mol. The van der Waals surface area contributed by atoms with Crippen molar-refractivity contribution in [3.8, 4) is 11.5 Å². The number of rotatable bonds is 5. The highest BCUT2D eigenvalue weighted by atomic mass is 32.1. The number of fused-ring (bicyclic) bond motifs is 1. The number of aromatic nitrogens is 4. The maximum absolute atomic E-state index is 5.56. The number of piperidine rings is 1. The number of hydrogen-bond acceptors (Lipinski definition) is 7. The number of nitrogens with zero attached hydrogens (tertiary/aromatic N) is 5. The first-order valence-electron chi connectivity index (χ1n) is 10.1. The van der Waals surface area contributed by atoms with Gasteiger partial charge in [0.05, 0.1) is 15.2 Å². The Hall–Kier alpha value is -2.64. The summed E-state index contributed by atoms with van der Waals surface area (Å²) in [7, 11) is 0. The molecule has 7 heteroatoms. The summed E-state index contributed by atoms with van der Waals surface area (Å²) < 4.78 is 6.83. The van der Waals surface area contributed by atoms with Crippen molar-refractivity contribution in [3.05, 3.63) is 59.6 Å². The quantitative estimate of drug-likeness (QED) is 0.485. The van der Waals surface area contributed by atoms with E-state index in [2.05, 4.69) is 51.2 Å². The molecule has 0 radical (unpaired) electrons. The molecule has 0 N–H and O–H groups in total. The lowest BCUT2D eigenvalue weighted by Crippen LogP contribution is -2.40. The summed E-state index contributed by atoms with van der Waals surface area (Å²) in [6, 6.07) is 14.6. The highest BCUT2D eigenvalue weighted by molar-refractivity contribution is 7.18. The van der Waals surface area contributed by atoms with Gasteiger partial charge in [0, 0.05) is 24.6 Å². The molecule has 3 aromatic heterocycles. The average Bonchev–Trinajstić information content (AvgIpc) is 3.41. The van der Waals surface area contributed by atoms with E-state index < -0.39 is 0 Å². The maximum Gasteiger partial charge on any atom is 0.230 e.